The molecule has 0 fully saturated rings. The zero-order chi connectivity index (χ0) is 34.6. The molecule has 4 heteroatoms. The van der Waals surface area contributed by atoms with Gasteiger partial charge in [-0.3, -0.25) is 4.57 Å². The molecular formula is C44H85O3P. The van der Waals surface area contributed by atoms with Gasteiger partial charge in [-0.25, -0.2) is 0 Å². The van der Waals surface area contributed by atoms with Crippen molar-refractivity contribution >= 4 is 7.60 Å². The maximum absolute atomic E-state index is 13.9. The van der Waals surface area contributed by atoms with E-state index in [0.717, 1.165) is 50.5 Å². The Morgan fingerprint density at radius 1 is 0.500 bits per heavy atom. The zero-order valence-electron chi connectivity index (χ0n) is 32.8. The molecular weight excluding hydrogens is 607 g/mol. The summed E-state index contributed by atoms with van der Waals surface area (Å²) in [7, 11) is -3.32. The minimum Gasteiger partial charge on any atom is -0.305 e. The van der Waals surface area contributed by atoms with Gasteiger partial charge in [-0.1, -0.05) is 219 Å². The molecule has 0 radical (unpaired) electrons. The van der Waals surface area contributed by atoms with E-state index in [4.69, 9.17) is 9.05 Å². The summed E-state index contributed by atoms with van der Waals surface area (Å²) in [5, 5.41) is 0.634. The largest absolute Gasteiger partial charge is 0.360 e. The van der Waals surface area contributed by atoms with Crippen LogP contribution in [0.15, 0.2) is 23.5 Å². The summed E-state index contributed by atoms with van der Waals surface area (Å²) in [4.78, 5) is 0. The second-order valence-electron chi connectivity index (χ2n) is 15.2. The van der Waals surface area contributed by atoms with Crippen LogP contribution in [0.5, 0.6) is 0 Å². The Labute approximate surface area is 302 Å². The lowest BCUT2D eigenvalue weighted by atomic mass is 10.00. The predicted octanol–water partition coefficient (Wildman–Crippen LogP) is 16.7. The summed E-state index contributed by atoms with van der Waals surface area (Å²) in [6.45, 7) is 9.87. The normalized spacial score (nSPS) is 13.7. The molecule has 3 nitrogen and oxygen atoms in total. The van der Waals surface area contributed by atoms with E-state index in [9.17, 15) is 4.57 Å². The molecule has 0 aliphatic heterocycles. The molecule has 1 aliphatic carbocycles. The van der Waals surface area contributed by atoms with Crippen molar-refractivity contribution in [2.45, 2.75) is 245 Å². The Kier molecular flexibility index (Phi) is 33.3. The van der Waals surface area contributed by atoms with Crippen molar-refractivity contribution in [1.29, 1.82) is 0 Å². The fourth-order valence-corrected chi connectivity index (χ4v) is 8.82. The van der Waals surface area contributed by atoms with Gasteiger partial charge in [0.2, 0.25) is 0 Å². The minimum absolute atomic E-state index is 0.515. The number of hydrogen-bond acceptors (Lipinski definition) is 3. The third-order valence-corrected chi connectivity index (χ3v) is 12.5. The standard InChI is InChI=1S/C44H85O3P/c1-4-6-8-10-12-14-16-18-20-22-24-26-28-30-32-37-41-46-48(45,43(3)44-39-35-34-36-40-44)47-42-38-33-31-29-27-25-23-21-19-17-15-13-11-9-7-5-2/h39H,3-38,40-42H2,1-2H3. The van der Waals surface area contributed by atoms with Gasteiger partial charge in [0.25, 0.3) is 0 Å². The highest BCUT2D eigenvalue weighted by Crippen LogP contribution is 2.59. The van der Waals surface area contributed by atoms with E-state index in [1.807, 2.05) is 0 Å². The first-order valence-electron chi connectivity index (χ1n) is 21.9. The average Bonchev–Trinajstić information content (AvgIpc) is 3.11. The van der Waals surface area contributed by atoms with Gasteiger partial charge in [0.05, 0.1) is 18.5 Å². The van der Waals surface area contributed by atoms with Crippen LogP contribution in [0.3, 0.4) is 0 Å². The lowest BCUT2D eigenvalue weighted by Crippen LogP contribution is -2.05. The smallest absolute Gasteiger partial charge is 0.305 e. The van der Waals surface area contributed by atoms with Gasteiger partial charge in [-0.05, 0) is 44.1 Å². The van der Waals surface area contributed by atoms with Gasteiger partial charge in [-0.2, -0.15) is 0 Å². The molecule has 0 atom stereocenters. The van der Waals surface area contributed by atoms with Crippen LogP contribution < -0.4 is 0 Å². The molecule has 284 valence electrons. The van der Waals surface area contributed by atoms with Gasteiger partial charge in [-0.15, -0.1) is 0 Å². The zero-order valence-corrected chi connectivity index (χ0v) is 33.7. The molecule has 0 saturated heterocycles. The van der Waals surface area contributed by atoms with Crippen LogP contribution >= 0.6 is 7.60 Å². The maximum atomic E-state index is 13.9. The van der Waals surface area contributed by atoms with E-state index in [-0.39, 0.29) is 0 Å². The summed E-state index contributed by atoms with van der Waals surface area (Å²) in [5.41, 5.74) is 1.11. The fourth-order valence-electron chi connectivity index (χ4n) is 7.14. The Bertz CT molecular complexity index is 733. The summed E-state index contributed by atoms with van der Waals surface area (Å²) in [5.74, 6) is 0. The van der Waals surface area contributed by atoms with Gasteiger partial charge in [0, 0.05) is 0 Å². The van der Waals surface area contributed by atoms with Crippen molar-refractivity contribution in [2.24, 2.45) is 0 Å². The Hall–Kier alpha value is -0.370. The van der Waals surface area contributed by atoms with Crippen LogP contribution in [0.25, 0.3) is 0 Å². The van der Waals surface area contributed by atoms with E-state index < -0.39 is 7.60 Å². The first-order chi connectivity index (χ1) is 23.6. The van der Waals surface area contributed by atoms with Crippen molar-refractivity contribution in [3.8, 4) is 0 Å². The first kappa shape index (κ1) is 45.7. The highest BCUT2D eigenvalue weighted by Gasteiger charge is 2.31. The van der Waals surface area contributed by atoms with Crippen LogP contribution in [-0.2, 0) is 13.6 Å². The Morgan fingerprint density at radius 2 is 0.792 bits per heavy atom. The van der Waals surface area contributed by atoms with Crippen LogP contribution in [0.4, 0.5) is 0 Å². The SMILES string of the molecule is C=C(C1=CCCCC1)P(=O)(OCCCCCCCCCCCCCCCCCC)OCCCCCCCCCCCCCCCCCC. The molecule has 0 N–H and O–H groups in total. The van der Waals surface area contributed by atoms with Crippen molar-refractivity contribution < 1.29 is 13.6 Å². The highest BCUT2D eigenvalue weighted by molar-refractivity contribution is 7.58. The van der Waals surface area contributed by atoms with Crippen LogP contribution in [0.1, 0.15) is 245 Å². The summed E-state index contributed by atoms with van der Waals surface area (Å²) < 4.78 is 26.1. The topological polar surface area (TPSA) is 35.5 Å². The van der Waals surface area contributed by atoms with Crippen LogP contribution in [0, 0.1) is 0 Å². The molecule has 0 heterocycles. The lowest BCUT2D eigenvalue weighted by molar-refractivity contribution is 0.203. The molecule has 1 rings (SSSR count). The minimum atomic E-state index is -3.32. The third kappa shape index (κ3) is 27.4. The predicted molar refractivity (Wildman–Crippen MR) is 214 cm³/mol. The molecule has 0 spiro atoms. The number of hydrogen-bond donors (Lipinski definition) is 0. The van der Waals surface area contributed by atoms with Crippen molar-refractivity contribution in [2.75, 3.05) is 13.2 Å². The van der Waals surface area contributed by atoms with Gasteiger partial charge < -0.3 is 9.05 Å². The molecule has 1 aliphatic rings. The van der Waals surface area contributed by atoms with Crippen LogP contribution in [0.2, 0.25) is 0 Å². The molecule has 0 aromatic heterocycles. The van der Waals surface area contributed by atoms with Gasteiger partial charge in [0.15, 0.2) is 0 Å². The van der Waals surface area contributed by atoms with Gasteiger partial charge in [0.1, 0.15) is 0 Å². The molecule has 0 saturated carbocycles. The fraction of sp³-hybridized carbons (Fsp3) is 0.909. The molecule has 0 aromatic rings. The Balaban J connectivity index is 2.10. The van der Waals surface area contributed by atoms with E-state index in [1.54, 1.807) is 0 Å². The molecule has 0 amide bonds. The van der Waals surface area contributed by atoms with E-state index in [0.29, 0.717) is 18.5 Å². The number of unbranched alkanes of at least 4 members (excludes halogenated alkanes) is 30. The maximum Gasteiger partial charge on any atom is 0.360 e. The quantitative estimate of drug-likeness (QED) is 0.0477. The molecule has 0 bridgehead atoms. The second-order valence-corrected chi connectivity index (χ2v) is 17.2. The third-order valence-electron chi connectivity index (χ3n) is 10.5. The number of allylic oxidation sites excluding steroid dienone is 3. The van der Waals surface area contributed by atoms with Crippen molar-refractivity contribution in [3.05, 3.63) is 23.5 Å². The van der Waals surface area contributed by atoms with E-state index in [1.165, 1.54) is 186 Å². The Morgan fingerprint density at radius 3 is 1.06 bits per heavy atom. The first-order valence-corrected chi connectivity index (χ1v) is 23.5. The number of rotatable bonds is 38. The highest BCUT2D eigenvalue weighted by atomic mass is 31.2. The summed E-state index contributed by atoms with van der Waals surface area (Å²) in [6, 6.07) is 0. The molecule has 0 aromatic carbocycles. The summed E-state index contributed by atoms with van der Waals surface area (Å²) >= 11 is 0. The second kappa shape index (κ2) is 35.1. The molecule has 48 heavy (non-hydrogen) atoms. The van der Waals surface area contributed by atoms with E-state index in [2.05, 4.69) is 26.5 Å². The lowest BCUT2D eigenvalue weighted by Gasteiger charge is -2.24. The average molecular weight is 693 g/mol. The molecule has 0 unspecified atom stereocenters. The van der Waals surface area contributed by atoms with Crippen LogP contribution in [-0.4, -0.2) is 13.2 Å². The summed E-state index contributed by atoms with van der Waals surface area (Å²) in [6.07, 6.45) is 49.7. The van der Waals surface area contributed by atoms with E-state index >= 15 is 0 Å². The monoisotopic (exact) mass is 693 g/mol. The van der Waals surface area contributed by atoms with Crippen molar-refractivity contribution in [1.82, 2.24) is 0 Å². The van der Waals surface area contributed by atoms with Crippen molar-refractivity contribution in [3.63, 3.8) is 0 Å². The van der Waals surface area contributed by atoms with Gasteiger partial charge >= 0.3 is 7.60 Å².